The van der Waals surface area contributed by atoms with E-state index in [1.807, 2.05) is 0 Å². The maximum absolute atomic E-state index is 11.6. The molecule has 0 radical (unpaired) electrons. The zero-order chi connectivity index (χ0) is 16.8. The van der Waals surface area contributed by atoms with E-state index in [1.165, 1.54) is 0 Å². The van der Waals surface area contributed by atoms with Gasteiger partial charge in [0, 0.05) is 6.42 Å². The number of hydrogen-bond donors (Lipinski definition) is 4. The summed E-state index contributed by atoms with van der Waals surface area (Å²) in [7, 11) is -4.66. The highest BCUT2D eigenvalue weighted by molar-refractivity contribution is 7.52. The molecule has 8 heteroatoms. The first-order valence-electron chi connectivity index (χ1n) is 6.75. The number of rotatable bonds is 9. The van der Waals surface area contributed by atoms with Crippen molar-refractivity contribution < 1.29 is 34.2 Å². The van der Waals surface area contributed by atoms with Gasteiger partial charge in [0.25, 0.3) is 0 Å². The van der Waals surface area contributed by atoms with Gasteiger partial charge in [-0.05, 0) is 24.8 Å². The minimum absolute atomic E-state index is 0.0229. The van der Waals surface area contributed by atoms with Gasteiger partial charge in [0.05, 0.1) is 11.6 Å². The van der Waals surface area contributed by atoms with Crippen molar-refractivity contribution in [3.8, 4) is 0 Å². The van der Waals surface area contributed by atoms with Crippen molar-refractivity contribution in [1.29, 1.82) is 0 Å². The third kappa shape index (κ3) is 5.97. The van der Waals surface area contributed by atoms with Crippen LogP contribution < -0.4 is 0 Å². The lowest BCUT2D eigenvalue weighted by Crippen LogP contribution is -2.29. The molecule has 1 rings (SSSR count). The molecule has 1 aromatic carbocycles. The SMILES string of the molecule is O=C(O)CCC(C(=O)O)C(CCc1ccccc1)P(=O)(O)O. The Bertz CT molecular complexity index is 552. The average molecular weight is 330 g/mol. The Labute approximate surface area is 127 Å². The first-order chi connectivity index (χ1) is 10.2. The maximum atomic E-state index is 11.6. The van der Waals surface area contributed by atoms with Gasteiger partial charge in [-0.1, -0.05) is 30.3 Å². The molecule has 7 nitrogen and oxygen atoms in total. The van der Waals surface area contributed by atoms with Crippen LogP contribution in [0.4, 0.5) is 0 Å². The van der Waals surface area contributed by atoms with Gasteiger partial charge in [0.1, 0.15) is 0 Å². The van der Waals surface area contributed by atoms with Gasteiger partial charge < -0.3 is 20.0 Å². The fourth-order valence-electron chi connectivity index (χ4n) is 2.32. The summed E-state index contributed by atoms with van der Waals surface area (Å²) in [5, 5.41) is 17.8. The largest absolute Gasteiger partial charge is 0.481 e. The van der Waals surface area contributed by atoms with Crippen LogP contribution in [0, 0.1) is 5.92 Å². The van der Waals surface area contributed by atoms with Gasteiger partial charge in [0.15, 0.2) is 0 Å². The molecule has 2 unspecified atom stereocenters. The molecule has 0 spiro atoms. The molecule has 2 atom stereocenters. The van der Waals surface area contributed by atoms with Crippen LogP contribution in [0.15, 0.2) is 30.3 Å². The number of aryl methyl sites for hydroxylation is 1. The highest BCUT2D eigenvalue weighted by atomic mass is 31.2. The highest BCUT2D eigenvalue weighted by Gasteiger charge is 2.39. The Kier molecular flexibility index (Phi) is 6.74. The molecule has 0 saturated carbocycles. The van der Waals surface area contributed by atoms with Crippen LogP contribution in [0.1, 0.15) is 24.8 Å². The van der Waals surface area contributed by atoms with E-state index in [0.29, 0.717) is 6.42 Å². The van der Waals surface area contributed by atoms with Crippen LogP contribution in [0.25, 0.3) is 0 Å². The minimum Gasteiger partial charge on any atom is -0.481 e. The molecular weight excluding hydrogens is 311 g/mol. The highest BCUT2D eigenvalue weighted by Crippen LogP contribution is 2.48. The lowest BCUT2D eigenvalue weighted by atomic mass is 9.94. The molecule has 0 bridgehead atoms. The molecule has 0 aliphatic heterocycles. The van der Waals surface area contributed by atoms with Crippen molar-refractivity contribution >= 4 is 19.5 Å². The lowest BCUT2D eigenvalue weighted by molar-refractivity contribution is -0.143. The molecule has 0 amide bonds. The number of carboxylic acids is 2. The normalized spacial score (nSPS) is 14.3. The standard InChI is InChI=1S/C14H19O7P/c15-13(16)9-7-11(14(17)18)12(22(19,20)21)8-6-10-4-2-1-3-5-10/h1-5,11-12H,6-9H2,(H,15,16)(H,17,18)(H2,19,20,21). The number of aliphatic carboxylic acids is 2. The Hall–Kier alpha value is -1.69. The van der Waals surface area contributed by atoms with Crippen molar-refractivity contribution in [2.45, 2.75) is 31.3 Å². The predicted octanol–water partition coefficient (Wildman–Crippen LogP) is 1.73. The molecule has 0 saturated heterocycles. The summed E-state index contributed by atoms with van der Waals surface area (Å²) in [5.41, 5.74) is -0.562. The topological polar surface area (TPSA) is 132 Å². The van der Waals surface area contributed by atoms with E-state index in [4.69, 9.17) is 5.11 Å². The van der Waals surface area contributed by atoms with E-state index in [0.717, 1.165) is 5.56 Å². The number of hydrogen-bond acceptors (Lipinski definition) is 3. The van der Waals surface area contributed by atoms with Crippen LogP contribution in [0.2, 0.25) is 0 Å². The molecule has 122 valence electrons. The van der Waals surface area contributed by atoms with E-state index in [9.17, 15) is 29.0 Å². The quantitative estimate of drug-likeness (QED) is 0.507. The van der Waals surface area contributed by atoms with Crippen molar-refractivity contribution in [1.82, 2.24) is 0 Å². The molecule has 0 fully saturated rings. The first-order valence-corrected chi connectivity index (χ1v) is 8.43. The zero-order valence-corrected chi connectivity index (χ0v) is 12.7. The lowest BCUT2D eigenvalue weighted by Gasteiger charge is -2.24. The first kappa shape index (κ1) is 18.4. The van der Waals surface area contributed by atoms with Crippen molar-refractivity contribution in [2.75, 3.05) is 0 Å². The van der Waals surface area contributed by atoms with E-state index >= 15 is 0 Å². The van der Waals surface area contributed by atoms with Gasteiger partial charge in [-0.25, -0.2) is 0 Å². The summed E-state index contributed by atoms with van der Waals surface area (Å²) < 4.78 is 11.6. The number of carboxylic acid groups (broad SMARTS) is 2. The summed E-state index contributed by atoms with van der Waals surface area (Å²) in [4.78, 5) is 40.7. The molecule has 1 aromatic rings. The number of benzene rings is 1. The summed E-state index contributed by atoms with van der Waals surface area (Å²) in [5.74, 6) is -3.97. The molecular formula is C14H19O7P. The van der Waals surface area contributed by atoms with Crippen LogP contribution in [-0.2, 0) is 20.6 Å². The van der Waals surface area contributed by atoms with Crippen molar-refractivity contribution in [3.05, 3.63) is 35.9 Å². The predicted molar refractivity (Wildman–Crippen MR) is 78.6 cm³/mol. The van der Waals surface area contributed by atoms with E-state index < -0.39 is 37.5 Å². The third-order valence-corrected chi connectivity index (χ3v) is 4.94. The fraction of sp³-hybridized carbons (Fsp3) is 0.429. The third-order valence-electron chi connectivity index (χ3n) is 3.45. The zero-order valence-electron chi connectivity index (χ0n) is 11.8. The van der Waals surface area contributed by atoms with Gasteiger partial charge in [0.2, 0.25) is 0 Å². The van der Waals surface area contributed by atoms with Crippen LogP contribution >= 0.6 is 7.60 Å². The Morgan fingerprint density at radius 1 is 1.05 bits per heavy atom. The van der Waals surface area contributed by atoms with Crippen molar-refractivity contribution in [3.63, 3.8) is 0 Å². The molecule has 0 aliphatic rings. The second-order valence-electron chi connectivity index (χ2n) is 5.06. The van der Waals surface area contributed by atoms with E-state index in [2.05, 4.69) is 0 Å². The van der Waals surface area contributed by atoms with Gasteiger partial charge in [-0.15, -0.1) is 0 Å². The van der Waals surface area contributed by atoms with Crippen molar-refractivity contribution in [2.24, 2.45) is 5.92 Å². The maximum Gasteiger partial charge on any atom is 0.329 e. The number of carbonyl (C=O) groups is 2. The smallest absolute Gasteiger partial charge is 0.329 e. The summed E-state index contributed by atoms with van der Waals surface area (Å²) in [6.07, 6.45) is -0.466. The average Bonchev–Trinajstić information content (AvgIpc) is 2.41. The monoisotopic (exact) mass is 330 g/mol. The molecule has 22 heavy (non-hydrogen) atoms. The van der Waals surface area contributed by atoms with E-state index in [1.54, 1.807) is 30.3 Å². The second-order valence-corrected chi connectivity index (χ2v) is 6.90. The summed E-state index contributed by atoms with van der Waals surface area (Å²) >= 11 is 0. The second kappa shape index (κ2) is 8.08. The Morgan fingerprint density at radius 3 is 2.09 bits per heavy atom. The molecule has 0 aliphatic carbocycles. The van der Waals surface area contributed by atoms with Crippen LogP contribution in [-0.4, -0.2) is 37.6 Å². The minimum atomic E-state index is -4.66. The fourth-order valence-corrected chi connectivity index (χ4v) is 3.53. The van der Waals surface area contributed by atoms with E-state index in [-0.39, 0.29) is 12.8 Å². The Balaban J connectivity index is 2.87. The van der Waals surface area contributed by atoms with Gasteiger partial charge in [-0.2, -0.15) is 0 Å². The molecule has 0 aromatic heterocycles. The van der Waals surface area contributed by atoms with Gasteiger partial charge in [-0.3, -0.25) is 14.2 Å². The molecule has 4 N–H and O–H groups in total. The van der Waals surface area contributed by atoms with Gasteiger partial charge >= 0.3 is 19.5 Å². The Morgan fingerprint density at radius 2 is 1.64 bits per heavy atom. The van der Waals surface area contributed by atoms with Crippen LogP contribution in [0.5, 0.6) is 0 Å². The summed E-state index contributed by atoms with van der Waals surface area (Å²) in [6.45, 7) is 0. The summed E-state index contributed by atoms with van der Waals surface area (Å²) in [6, 6.07) is 8.92. The van der Waals surface area contributed by atoms with Crippen LogP contribution in [0.3, 0.4) is 0 Å². The molecule has 0 heterocycles.